The molecule has 0 spiro atoms. The number of carbonyl (C=O) groups excluding carboxylic acids is 3. The van der Waals surface area contributed by atoms with E-state index in [0.717, 1.165) is 22.0 Å². The number of benzene rings is 2. The number of rotatable bonds is 17. The summed E-state index contributed by atoms with van der Waals surface area (Å²) >= 11 is 0. The Labute approximate surface area is 239 Å². The lowest BCUT2D eigenvalue weighted by atomic mass is 9.96. The third-order valence-corrected chi connectivity index (χ3v) is 6.78. The van der Waals surface area contributed by atoms with Gasteiger partial charge in [0.05, 0.1) is 24.5 Å². The van der Waals surface area contributed by atoms with Crippen molar-refractivity contribution in [2.24, 2.45) is 11.8 Å². The molecule has 0 saturated heterocycles. The summed E-state index contributed by atoms with van der Waals surface area (Å²) in [6, 6.07) is 13.2. The first-order valence-electron chi connectivity index (χ1n) is 13.7. The fraction of sp³-hybridized carbons (Fsp3) is 0.344. The van der Waals surface area contributed by atoms with Crippen LogP contribution in [0.15, 0.2) is 80.0 Å². The monoisotopic (exact) mass is 563 g/mol. The van der Waals surface area contributed by atoms with Crippen molar-refractivity contribution in [1.82, 2.24) is 15.6 Å². The molecule has 2 aromatic carbocycles. The number of aromatic amines is 1. The molecule has 1 heterocycles. The van der Waals surface area contributed by atoms with E-state index in [2.05, 4.69) is 28.8 Å². The highest BCUT2D eigenvalue weighted by Crippen LogP contribution is 2.21. The van der Waals surface area contributed by atoms with Crippen molar-refractivity contribution in [1.29, 1.82) is 0 Å². The molecule has 218 valence electrons. The second kappa shape index (κ2) is 16.1. The highest BCUT2D eigenvalue weighted by molar-refractivity contribution is 5.86. The van der Waals surface area contributed by atoms with Gasteiger partial charge >= 0.3 is 5.97 Å². The predicted molar refractivity (Wildman–Crippen MR) is 156 cm³/mol. The zero-order valence-electron chi connectivity index (χ0n) is 23.1. The largest absolute Gasteiger partial charge is 0.463 e. The summed E-state index contributed by atoms with van der Waals surface area (Å²) in [6.45, 7) is 7.27. The van der Waals surface area contributed by atoms with Crippen LogP contribution >= 0.6 is 0 Å². The molecule has 0 radical (unpaired) electrons. The van der Waals surface area contributed by atoms with Crippen molar-refractivity contribution < 1.29 is 28.6 Å². The molecule has 3 aromatic rings. The van der Waals surface area contributed by atoms with Crippen LogP contribution in [0.3, 0.4) is 0 Å². The number of carbonyl (C=O) groups is 3. The molecule has 8 nitrogen and oxygen atoms in total. The molecular formula is C32H38FN3O5. The molecule has 3 rings (SSSR count). The van der Waals surface area contributed by atoms with Crippen LogP contribution in [0, 0.1) is 17.7 Å². The van der Waals surface area contributed by atoms with E-state index >= 15 is 0 Å². The van der Waals surface area contributed by atoms with Crippen molar-refractivity contribution in [2.45, 2.75) is 38.1 Å². The Hall–Kier alpha value is -4.24. The molecule has 4 N–H and O–H groups in total. The second-order valence-corrected chi connectivity index (χ2v) is 9.95. The minimum atomic E-state index is -0.681. The molecule has 9 heteroatoms. The number of para-hydroxylation sites is 1. The number of halogens is 1. The van der Waals surface area contributed by atoms with E-state index in [-0.39, 0.29) is 50.2 Å². The van der Waals surface area contributed by atoms with Crippen molar-refractivity contribution >= 4 is 28.7 Å². The van der Waals surface area contributed by atoms with Gasteiger partial charge in [-0.25, -0.2) is 4.39 Å². The number of hydrogen-bond donors (Lipinski definition) is 4. The maximum absolute atomic E-state index is 13.3. The first kappa shape index (κ1) is 31.3. The number of ether oxygens (including phenoxy) is 1. The summed E-state index contributed by atoms with van der Waals surface area (Å²) in [5, 5.41) is 15.5. The summed E-state index contributed by atoms with van der Waals surface area (Å²) in [4.78, 5) is 41.9. The number of amides is 2. The zero-order valence-corrected chi connectivity index (χ0v) is 23.1. The van der Waals surface area contributed by atoms with Gasteiger partial charge in [-0.1, -0.05) is 42.5 Å². The minimum Gasteiger partial charge on any atom is -0.463 e. The number of esters is 1. The smallest absolute Gasteiger partial charge is 0.309 e. The van der Waals surface area contributed by atoms with Crippen LogP contribution in [-0.4, -0.2) is 53.7 Å². The van der Waals surface area contributed by atoms with Gasteiger partial charge in [0.15, 0.2) is 0 Å². The van der Waals surface area contributed by atoms with Gasteiger partial charge in [-0.15, -0.1) is 13.2 Å². The van der Waals surface area contributed by atoms with Gasteiger partial charge in [-0.3, -0.25) is 14.4 Å². The Kier molecular flexibility index (Phi) is 12.3. The second-order valence-electron chi connectivity index (χ2n) is 9.95. The molecule has 0 aliphatic rings. The molecule has 41 heavy (non-hydrogen) atoms. The lowest BCUT2D eigenvalue weighted by Crippen LogP contribution is -2.44. The maximum Gasteiger partial charge on any atom is 0.309 e. The van der Waals surface area contributed by atoms with Crippen LogP contribution in [-0.2, 0) is 32.0 Å². The lowest BCUT2D eigenvalue weighted by Gasteiger charge is -2.23. The standard InChI is InChI=1S/C32H38FN3O5/c1-3-7-23(19-30(38)34-15-16-37)31(39)36-27(18-25-20-35-29-10-6-5-9-28(25)29)21-41-32(40)24(8-4-2)17-22-11-13-26(33)14-12-22/h3-6,9-14,20,23-24,27,35,37H,1-2,7-8,15-19,21H2,(H,34,38)(H,36,39)/t23-,24-,27-/m0/s1. The quantitative estimate of drug-likeness (QED) is 0.146. The van der Waals surface area contributed by atoms with Crippen LogP contribution in [0.25, 0.3) is 10.9 Å². The molecule has 0 fully saturated rings. The first-order chi connectivity index (χ1) is 19.8. The van der Waals surface area contributed by atoms with Crippen molar-refractivity contribution in [3.8, 4) is 0 Å². The lowest BCUT2D eigenvalue weighted by molar-refractivity contribution is -0.149. The summed E-state index contributed by atoms with van der Waals surface area (Å²) in [5.41, 5.74) is 2.68. The van der Waals surface area contributed by atoms with E-state index < -0.39 is 23.8 Å². The number of allylic oxidation sites excluding steroid dienone is 2. The average Bonchev–Trinajstić information content (AvgIpc) is 3.37. The fourth-order valence-corrected chi connectivity index (χ4v) is 4.68. The normalized spacial score (nSPS) is 13.1. The SMILES string of the molecule is C=CC[C@@H](CC(=O)NCCO)C(=O)N[C@H](COC(=O)[C@@H](CC=C)Cc1ccc(F)cc1)Cc1c[nH]c2ccccc12. The van der Waals surface area contributed by atoms with Gasteiger partial charge in [-0.05, 0) is 55.0 Å². The Balaban J connectivity index is 1.75. The summed E-state index contributed by atoms with van der Waals surface area (Å²) in [5.74, 6) is -2.72. The van der Waals surface area contributed by atoms with Crippen molar-refractivity contribution in [3.63, 3.8) is 0 Å². The number of H-pyrrole nitrogens is 1. The molecule has 3 atom stereocenters. The Morgan fingerprint density at radius 2 is 1.71 bits per heavy atom. The van der Waals surface area contributed by atoms with E-state index in [0.29, 0.717) is 19.3 Å². The Morgan fingerprint density at radius 3 is 2.41 bits per heavy atom. The van der Waals surface area contributed by atoms with Crippen LogP contribution in [0.4, 0.5) is 4.39 Å². The third-order valence-electron chi connectivity index (χ3n) is 6.78. The van der Waals surface area contributed by atoms with Gasteiger partial charge in [-0.2, -0.15) is 0 Å². The molecule has 0 aliphatic heterocycles. The van der Waals surface area contributed by atoms with Gasteiger partial charge in [0.2, 0.25) is 11.8 Å². The van der Waals surface area contributed by atoms with Gasteiger partial charge in [0.1, 0.15) is 12.4 Å². The van der Waals surface area contributed by atoms with E-state index in [1.54, 1.807) is 24.3 Å². The Bertz CT molecular complexity index is 1320. The number of nitrogens with one attached hydrogen (secondary N) is 3. The number of fused-ring (bicyclic) bond motifs is 1. The molecule has 0 unspecified atom stereocenters. The van der Waals surface area contributed by atoms with Gasteiger partial charge in [0, 0.05) is 30.1 Å². The molecule has 0 aliphatic carbocycles. The highest BCUT2D eigenvalue weighted by atomic mass is 19.1. The summed E-state index contributed by atoms with van der Waals surface area (Å²) < 4.78 is 19.1. The molecule has 2 amide bonds. The highest BCUT2D eigenvalue weighted by Gasteiger charge is 2.26. The van der Waals surface area contributed by atoms with E-state index in [4.69, 9.17) is 9.84 Å². The van der Waals surface area contributed by atoms with Crippen LogP contribution in [0.1, 0.15) is 30.4 Å². The number of aliphatic hydroxyl groups excluding tert-OH is 1. The summed E-state index contributed by atoms with van der Waals surface area (Å²) in [7, 11) is 0. The number of aromatic nitrogens is 1. The van der Waals surface area contributed by atoms with Crippen molar-refractivity contribution in [2.75, 3.05) is 19.8 Å². The number of aliphatic hydroxyl groups is 1. The van der Waals surface area contributed by atoms with E-state index in [1.165, 1.54) is 12.1 Å². The van der Waals surface area contributed by atoms with E-state index in [1.807, 2.05) is 30.5 Å². The fourth-order valence-electron chi connectivity index (χ4n) is 4.68. The third kappa shape index (κ3) is 9.72. The molecular weight excluding hydrogens is 525 g/mol. The van der Waals surface area contributed by atoms with Crippen LogP contribution in [0.2, 0.25) is 0 Å². The van der Waals surface area contributed by atoms with Crippen molar-refractivity contribution in [3.05, 3.63) is 97.0 Å². The number of hydrogen-bond acceptors (Lipinski definition) is 5. The zero-order chi connectivity index (χ0) is 29.6. The molecule has 1 aromatic heterocycles. The first-order valence-corrected chi connectivity index (χ1v) is 13.7. The van der Waals surface area contributed by atoms with Gasteiger partial charge < -0.3 is 25.5 Å². The van der Waals surface area contributed by atoms with E-state index in [9.17, 15) is 18.8 Å². The minimum absolute atomic E-state index is 0.0729. The maximum atomic E-state index is 13.3. The summed E-state index contributed by atoms with van der Waals surface area (Å²) in [6.07, 6.45) is 6.40. The topological polar surface area (TPSA) is 121 Å². The molecule has 0 bridgehead atoms. The average molecular weight is 564 g/mol. The van der Waals surface area contributed by atoms with Crippen LogP contribution < -0.4 is 10.6 Å². The van der Waals surface area contributed by atoms with Gasteiger partial charge in [0.25, 0.3) is 0 Å². The molecule has 0 saturated carbocycles. The van der Waals surface area contributed by atoms with Crippen LogP contribution in [0.5, 0.6) is 0 Å². The predicted octanol–water partition coefficient (Wildman–Crippen LogP) is 4.00. The Morgan fingerprint density at radius 1 is 1.00 bits per heavy atom.